The molecule has 29 heteroatoms. The number of piperazine rings is 2. The van der Waals surface area contributed by atoms with Crippen molar-refractivity contribution in [3.63, 3.8) is 0 Å². The van der Waals surface area contributed by atoms with Gasteiger partial charge in [-0.1, -0.05) is 42.5 Å². The summed E-state index contributed by atoms with van der Waals surface area (Å²) in [6.45, 7) is 9.79. The number of aryl methyl sites for hydroxylation is 2. The van der Waals surface area contributed by atoms with Crippen molar-refractivity contribution in [3.8, 4) is 57.5 Å². The normalized spacial score (nSPS) is 31.8. The standard InChI is InChI=1S/C81H83N7O20S2/c1-33-20-39-23-78(95)28-85(7)57(50(39)61(91)63(33)97-9)59-71-55-53(69-67(101-32-102-69)35(3)65(55)103-37(5)89)46(87(59)78)26-99-76(93)80(30-109-71)73-43(18-19-83-80)52-44(15-13-17-49(52)106-73)75-107-68-36(4)66(104-38(6)90)56-54(70(68)108-75)47-27-100-77(94)81(74-45(22-41(25-82)84-81)42-14-11-12-16-48(42)105-74)31-110-72(56)60-58-51-40(21-34(2)64(98-10)62(51)92)24-79(96,88(47)60)29-86(58)8/h11-17,20-21,41,46-47,57-60,71-72,75,83-84,91-92,95-96H,18-19,22-32,82H2,1-10H3/t41-,46+,47+,57?,58?,59-,60-,71-,72-,75?,78?,79?,80-,81-/m1/s1. The number of ether oxygens (including phenoxy) is 10. The first-order valence-corrected chi connectivity index (χ1v) is 39.4. The molecule has 16 aliphatic rings. The van der Waals surface area contributed by atoms with E-state index in [9.17, 15) is 30.0 Å². The van der Waals surface area contributed by atoms with Gasteiger partial charge in [-0.2, -0.15) is 0 Å². The fourth-order valence-corrected chi connectivity index (χ4v) is 24.8. The molecule has 0 radical (unpaired) electrons. The third-order valence-corrected chi connectivity index (χ3v) is 28.4. The number of likely N-dealkylation sites (N-methyl/N-ethyl adjacent to an activating group) is 2. The van der Waals surface area contributed by atoms with Gasteiger partial charge in [0, 0.05) is 154 Å². The molecule has 8 bridgehead atoms. The second kappa shape index (κ2) is 24.5. The van der Waals surface area contributed by atoms with E-state index < -0.39 is 105 Å². The third-order valence-electron chi connectivity index (χ3n) is 25.5. The molecule has 16 atom stereocenters. The van der Waals surface area contributed by atoms with E-state index in [1.165, 1.54) is 51.6 Å². The Morgan fingerprint density at radius 1 is 0.636 bits per heavy atom. The Morgan fingerprint density at radius 3 is 1.75 bits per heavy atom. The Labute approximate surface area is 639 Å². The molecule has 574 valence electrons. The number of rotatable bonds is 6. The largest absolute Gasteiger partial charge is 0.504 e. The van der Waals surface area contributed by atoms with Gasteiger partial charge in [-0.05, 0) is 89.0 Å². The predicted octanol–water partition coefficient (Wildman–Crippen LogP) is 8.28. The lowest BCUT2D eigenvalue weighted by Crippen LogP contribution is -2.70. The lowest BCUT2D eigenvalue weighted by atomic mass is 9.78. The number of nitrogens with two attached hydrogens (primary N) is 1. The number of furan rings is 2. The lowest BCUT2D eigenvalue weighted by molar-refractivity contribution is -0.215. The van der Waals surface area contributed by atoms with E-state index in [0.29, 0.717) is 130 Å². The number of phenols is 2. The quantitative estimate of drug-likeness (QED) is 0.0608. The van der Waals surface area contributed by atoms with Crippen molar-refractivity contribution in [1.82, 2.24) is 30.2 Å². The number of aromatic hydroxyl groups is 2. The molecule has 4 saturated heterocycles. The minimum atomic E-state index is -1.74. The van der Waals surface area contributed by atoms with Crippen LogP contribution in [0.2, 0.25) is 0 Å². The van der Waals surface area contributed by atoms with Crippen LogP contribution in [-0.4, -0.2) is 179 Å². The molecule has 18 heterocycles. The maximum Gasteiger partial charge on any atom is 0.335 e. The zero-order valence-electron chi connectivity index (χ0n) is 62.2. The average Bonchev–Trinajstić information content (AvgIpc) is 1.37. The number of methoxy groups -OCH3 is 2. The number of hydrogen-bond acceptors (Lipinski definition) is 29. The van der Waals surface area contributed by atoms with Crippen LogP contribution in [0, 0.1) is 27.7 Å². The van der Waals surface area contributed by atoms with Gasteiger partial charge in [0.15, 0.2) is 57.1 Å². The average molecular weight is 1540 g/mol. The summed E-state index contributed by atoms with van der Waals surface area (Å²) in [5.41, 5.74) is 9.87. The van der Waals surface area contributed by atoms with Gasteiger partial charge in [0.05, 0.1) is 48.9 Å². The summed E-state index contributed by atoms with van der Waals surface area (Å²) in [5, 5.41) is 60.0. The summed E-state index contributed by atoms with van der Waals surface area (Å²) >= 11 is 2.81. The van der Waals surface area contributed by atoms with Crippen LogP contribution in [0.3, 0.4) is 0 Å². The van der Waals surface area contributed by atoms with Gasteiger partial charge in [-0.3, -0.25) is 39.8 Å². The predicted molar refractivity (Wildman–Crippen MR) is 398 cm³/mol. The number of carbonyl (C=O) groups is 4. The van der Waals surface area contributed by atoms with E-state index in [1.807, 2.05) is 106 Å². The number of aliphatic hydroxyl groups is 2. The summed E-state index contributed by atoms with van der Waals surface area (Å²) in [6, 6.07) is 11.9. The van der Waals surface area contributed by atoms with Crippen LogP contribution < -0.4 is 54.3 Å². The highest BCUT2D eigenvalue weighted by Gasteiger charge is 2.67. The lowest BCUT2D eigenvalue weighted by Gasteiger charge is -2.60. The zero-order valence-corrected chi connectivity index (χ0v) is 63.8. The molecule has 6 aromatic carbocycles. The van der Waals surface area contributed by atoms with Crippen LogP contribution in [0.15, 0.2) is 63.4 Å². The number of carbonyl (C=O) groups excluding carboxylic acids is 4. The van der Waals surface area contributed by atoms with Gasteiger partial charge in [0.1, 0.15) is 58.8 Å². The van der Waals surface area contributed by atoms with Gasteiger partial charge >= 0.3 is 23.9 Å². The fraction of sp³-hybridized carbons (Fsp3) is 0.457. The number of hydrogen-bond donors (Lipinski definition) is 7. The number of para-hydroxylation sites is 1. The van der Waals surface area contributed by atoms with Gasteiger partial charge < -0.3 is 82.4 Å². The first-order valence-electron chi connectivity index (χ1n) is 37.3. The highest BCUT2D eigenvalue weighted by atomic mass is 32.2. The van der Waals surface area contributed by atoms with Crippen molar-refractivity contribution >= 4 is 69.3 Å². The van der Waals surface area contributed by atoms with Crippen LogP contribution in [0.25, 0.3) is 21.9 Å². The van der Waals surface area contributed by atoms with E-state index in [-0.39, 0.29) is 111 Å². The monoisotopic (exact) mass is 1540 g/mol. The smallest absolute Gasteiger partial charge is 0.335 e. The second-order valence-corrected chi connectivity index (χ2v) is 33.9. The zero-order chi connectivity index (χ0) is 76.2. The molecule has 27 nitrogen and oxygen atoms in total. The van der Waals surface area contributed by atoms with Gasteiger partial charge in [-0.25, -0.2) is 9.59 Å². The minimum absolute atomic E-state index is 0.0186. The molecule has 8 aromatic rings. The van der Waals surface area contributed by atoms with Crippen molar-refractivity contribution in [2.24, 2.45) is 5.73 Å². The van der Waals surface area contributed by atoms with Gasteiger partial charge in [0.2, 0.25) is 6.79 Å². The minimum Gasteiger partial charge on any atom is -0.504 e. The van der Waals surface area contributed by atoms with Gasteiger partial charge in [-0.15, -0.1) is 23.5 Å². The number of thioether (sulfide) groups is 2. The van der Waals surface area contributed by atoms with Crippen LogP contribution in [0.4, 0.5) is 0 Å². The van der Waals surface area contributed by atoms with Crippen LogP contribution >= 0.6 is 23.5 Å². The molecular weight excluding hydrogens is 1460 g/mol. The summed E-state index contributed by atoms with van der Waals surface area (Å²) in [7, 11) is 6.87. The Morgan fingerprint density at radius 2 is 1.16 bits per heavy atom. The Hall–Kier alpha value is -8.98. The van der Waals surface area contributed by atoms with Crippen LogP contribution in [0.1, 0.15) is 150 Å². The summed E-state index contributed by atoms with van der Waals surface area (Å²) in [5.74, 6) is 0.295. The highest BCUT2D eigenvalue weighted by Crippen LogP contribution is 2.69. The van der Waals surface area contributed by atoms with E-state index in [0.717, 1.165) is 16.5 Å². The fourth-order valence-electron chi connectivity index (χ4n) is 21.6. The van der Waals surface area contributed by atoms with Gasteiger partial charge in [0.25, 0.3) is 6.29 Å². The number of esters is 4. The van der Waals surface area contributed by atoms with Crippen molar-refractivity contribution < 1.29 is 95.8 Å². The Balaban J connectivity index is 0.740. The molecule has 16 aliphatic heterocycles. The van der Waals surface area contributed by atoms with Crippen LogP contribution in [-0.2, 0) is 65.4 Å². The summed E-state index contributed by atoms with van der Waals surface area (Å²) in [4.78, 5) is 67.8. The van der Waals surface area contributed by atoms with E-state index in [2.05, 4.69) is 20.4 Å². The van der Waals surface area contributed by atoms with Crippen LogP contribution in [0.5, 0.6) is 57.5 Å². The van der Waals surface area contributed by atoms with Crippen molar-refractivity contribution in [2.75, 3.05) is 86.0 Å². The van der Waals surface area contributed by atoms with E-state index in [4.69, 9.17) is 61.9 Å². The first-order chi connectivity index (χ1) is 52.9. The maximum atomic E-state index is 16.1. The highest BCUT2D eigenvalue weighted by molar-refractivity contribution is 7.99. The molecule has 8 N–H and O–H groups in total. The molecule has 2 aromatic heterocycles. The second-order valence-electron chi connectivity index (χ2n) is 31.7. The van der Waals surface area contributed by atoms with E-state index >= 15 is 9.59 Å². The maximum absolute atomic E-state index is 16.1. The Bertz CT molecular complexity index is 5420. The topological polar surface area (TPSA) is 331 Å². The van der Waals surface area contributed by atoms with Crippen molar-refractivity contribution in [1.29, 1.82) is 0 Å². The van der Waals surface area contributed by atoms with E-state index in [1.54, 1.807) is 0 Å². The third kappa shape index (κ3) is 9.41. The number of nitrogens with one attached hydrogen (secondary N) is 2. The van der Waals surface area contributed by atoms with Crippen molar-refractivity contribution in [2.45, 2.75) is 149 Å². The number of fused-ring (bicyclic) bond motifs is 16. The Kier molecular flexibility index (Phi) is 15.6. The molecule has 24 rings (SSSR count). The molecule has 0 aliphatic carbocycles. The number of nitrogens with zero attached hydrogens (tertiary/aromatic N) is 4. The molecule has 7 unspecified atom stereocenters. The molecular formula is C81H83N7O20S2. The molecule has 4 fully saturated rings. The molecule has 2 spiro atoms. The SMILES string of the molecule is COc1c(C)cc2c(c1O)C1[C@@H]3[C@@H]4SC[C@]5(NCCc6c5oc5cccc(C7Oc8c(C)c(OC(C)=O)c9c(c8O7)[C@@H]7COC(=O)[C@]8(CS[C@H]9[C@H]9C%10c%11c(cc(C)c(OC)c%11O)CC(O)(CN%10C)N97)N[C@@H](CN)Cc7c8oc8ccccc78)c65)C(=O)OC[C@@H](c5c6c(c(C)c(OC(C)=O)c54)OCO6)N3C(O)(C2)CN1C. The first kappa shape index (κ1) is 70.2. The number of benzene rings is 6. The molecule has 0 saturated carbocycles. The molecule has 110 heavy (non-hydrogen) atoms. The molecule has 0 amide bonds. The van der Waals surface area contributed by atoms with Crippen molar-refractivity contribution in [3.05, 3.63) is 150 Å². The summed E-state index contributed by atoms with van der Waals surface area (Å²) < 4.78 is 79.8. The number of phenolic OH excluding ortho intramolecular Hbond substituents is 2. The summed E-state index contributed by atoms with van der Waals surface area (Å²) in [6.07, 6.45) is -0.320.